The summed E-state index contributed by atoms with van der Waals surface area (Å²) in [5.74, 6) is 0.994. The number of anilines is 1. The summed E-state index contributed by atoms with van der Waals surface area (Å²) in [7, 11) is 0. The van der Waals surface area contributed by atoms with Crippen molar-refractivity contribution in [3.05, 3.63) is 29.7 Å². The highest BCUT2D eigenvalue weighted by Crippen LogP contribution is 2.24. The first-order chi connectivity index (χ1) is 11.2. The van der Waals surface area contributed by atoms with Crippen LogP contribution in [0.2, 0.25) is 0 Å². The average Bonchev–Trinajstić information content (AvgIpc) is 3.19. The lowest BCUT2D eigenvalue weighted by atomic mass is 10.1. The number of amides is 2. The predicted octanol–water partition coefficient (Wildman–Crippen LogP) is 1.78. The Labute approximate surface area is 133 Å². The molecule has 2 amide bonds. The van der Waals surface area contributed by atoms with Crippen LogP contribution in [0.4, 0.5) is 5.69 Å². The third kappa shape index (κ3) is 3.23. The van der Waals surface area contributed by atoms with Gasteiger partial charge in [0.1, 0.15) is 0 Å². The lowest BCUT2D eigenvalue weighted by molar-refractivity contribution is -0.118. The number of carbonyl (C=O) groups excluding carboxylic acids is 2. The molecule has 1 aromatic carbocycles. The summed E-state index contributed by atoms with van der Waals surface area (Å²) in [6, 6.07) is 5.72. The fourth-order valence-electron chi connectivity index (χ4n) is 2.85. The Balaban J connectivity index is 1.77. The number of likely N-dealkylation sites (tertiary alicyclic amines) is 1. The minimum Gasteiger partial charge on any atom is -0.342 e. The number of nitrogens with zero attached hydrogens (tertiary/aromatic N) is 3. The molecule has 0 bridgehead atoms. The van der Waals surface area contributed by atoms with Gasteiger partial charge in [-0.1, -0.05) is 17.3 Å². The Kier molecular flexibility index (Phi) is 4.36. The van der Waals surface area contributed by atoms with E-state index in [2.05, 4.69) is 15.5 Å². The van der Waals surface area contributed by atoms with Crippen LogP contribution < -0.4 is 5.32 Å². The molecule has 1 N–H and O–H groups in total. The Morgan fingerprint density at radius 2 is 2.30 bits per heavy atom. The van der Waals surface area contributed by atoms with E-state index in [-0.39, 0.29) is 6.04 Å². The molecule has 1 unspecified atom stereocenters. The first-order valence-corrected chi connectivity index (χ1v) is 7.56. The maximum atomic E-state index is 11.0. The van der Waals surface area contributed by atoms with Crippen LogP contribution in [0.5, 0.6) is 0 Å². The van der Waals surface area contributed by atoms with Crippen molar-refractivity contribution in [3.8, 4) is 11.4 Å². The number of nitrogens with one attached hydrogen (secondary N) is 1. The first kappa shape index (κ1) is 15.2. The van der Waals surface area contributed by atoms with E-state index in [1.54, 1.807) is 4.90 Å². The summed E-state index contributed by atoms with van der Waals surface area (Å²) in [6.45, 7) is 2.69. The predicted molar refractivity (Wildman–Crippen MR) is 83.7 cm³/mol. The normalized spacial score (nSPS) is 17.3. The van der Waals surface area contributed by atoms with Crippen molar-refractivity contribution in [2.45, 2.75) is 32.2 Å². The molecule has 0 aliphatic carbocycles. The molecule has 120 valence electrons. The second-order valence-electron chi connectivity index (χ2n) is 5.65. The highest BCUT2D eigenvalue weighted by molar-refractivity contribution is 5.76. The topological polar surface area (TPSA) is 88.3 Å². The van der Waals surface area contributed by atoms with E-state index in [9.17, 15) is 9.59 Å². The SMILES string of the molecule is Cc1ccc(-c2noc(CC3CCCN3C=O)n2)cc1NC=O. The monoisotopic (exact) mass is 314 g/mol. The van der Waals surface area contributed by atoms with Gasteiger partial charge >= 0.3 is 0 Å². The van der Waals surface area contributed by atoms with Crippen molar-refractivity contribution >= 4 is 18.5 Å². The van der Waals surface area contributed by atoms with E-state index in [1.807, 2.05) is 25.1 Å². The lowest BCUT2D eigenvalue weighted by Crippen LogP contribution is -2.29. The highest BCUT2D eigenvalue weighted by atomic mass is 16.5. The van der Waals surface area contributed by atoms with Gasteiger partial charge in [-0.3, -0.25) is 9.59 Å². The van der Waals surface area contributed by atoms with Crippen LogP contribution >= 0.6 is 0 Å². The Bertz CT molecular complexity index is 713. The van der Waals surface area contributed by atoms with Crippen LogP contribution in [0, 0.1) is 6.92 Å². The molecule has 7 nitrogen and oxygen atoms in total. The number of carbonyl (C=O) groups is 2. The third-order valence-corrected chi connectivity index (χ3v) is 4.15. The molecule has 0 saturated carbocycles. The van der Waals surface area contributed by atoms with Gasteiger partial charge in [0.25, 0.3) is 0 Å². The summed E-state index contributed by atoms with van der Waals surface area (Å²) in [6.07, 6.45) is 4.04. The van der Waals surface area contributed by atoms with Crippen molar-refractivity contribution in [2.75, 3.05) is 11.9 Å². The van der Waals surface area contributed by atoms with Gasteiger partial charge in [-0.2, -0.15) is 4.98 Å². The number of hydrogen-bond donors (Lipinski definition) is 1. The summed E-state index contributed by atoms with van der Waals surface area (Å²) < 4.78 is 5.31. The molecular formula is C16H18N4O3. The molecule has 1 aromatic heterocycles. The van der Waals surface area contributed by atoms with Crippen LogP contribution in [0.15, 0.2) is 22.7 Å². The maximum absolute atomic E-state index is 11.0. The van der Waals surface area contributed by atoms with Crippen LogP contribution in [-0.2, 0) is 16.0 Å². The first-order valence-electron chi connectivity index (χ1n) is 7.56. The number of benzene rings is 1. The molecule has 7 heteroatoms. The van der Waals surface area contributed by atoms with E-state index in [0.717, 1.165) is 36.9 Å². The van der Waals surface area contributed by atoms with Crippen molar-refractivity contribution in [3.63, 3.8) is 0 Å². The third-order valence-electron chi connectivity index (χ3n) is 4.15. The minimum atomic E-state index is 0.131. The quantitative estimate of drug-likeness (QED) is 0.821. The summed E-state index contributed by atoms with van der Waals surface area (Å²) in [5.41, 5.74) is 2.44. The Hall–Kier alpha value is -2.70. The zero-order valence-corrected chi connectivity index (χ0v) is 12.9. The molecule has 0 radical (unpaired) electrons. The zero-order chi connectivity index (χ0) is 16.2. The van der Waals surface area contributed by atoms with E-state index in [4.69, 9.17) is 4.52 Å². The van der Waals surface area contributed by atoms with Gasteiger partial charge in [0.2, 0.25) is 24.5 Å². The van der Waals surface area contributed by atoms with Gasteiger partial charge in [0.15, 0.2) is 0 Å². The van der Waals surface area contributed by atoms with Crippen LogP contribution in [0.1, 0.15) is 24.3 Å². The number of hydrogen-bond acceptors (Lipinski definition) is 5. The fraction of sp³-hybridized carbons (Fsp3) is 0.375. The second-order valence-corrected chi connectivity index (χ2v) is 5.65. The van der Waals surface area contributed by atoms with Gasteiger partial charge in [-0.25, -0.2) is 0 Å². The van der Waals surface area contributed by atoms with Crippen molar-refractivity contribution in [1.29, 1.82) is 0 Å². The van der Waals surface area contributed by atoms with Gasteiger partial charge in [0.05, 0.1) is 0 Å². The smallest absolute Gasteiger partial charge is 0.229 e. The number of aromatic nitrogens is 2. The van der Waals surface area contributed by atoms with Crippen molar-refractivity contribution in [1.82, 2.24) is 15.0 Å². The molecule has 23 heavy (non-hydrogen) atoms. The molecule has 1 aliphatic heterocycles. The molecule has 1 fully saturated rings. The zero-order valence-electron chi connectivity index (χ0n) is 12.9. The van der Waals surface area contributed by atoms with Gasteiger partial charge < -0.3 is 14.7 Å². The summed E-state index contributed by atoms with van der Waals surface area (Å²) in [4.78, 5) is 27.8. The van der Waals surface area contributed by atoms with E-state index in [0.29, 0.717) is 30.2 Å². The Morgan fingerprint density at radius 1 is 1.43 bits per heavy atom. The molecule has 0 spiro atoms. The fourth-order valence-corrected chi connectivity index (χ4v) is 2.85. The highest BCUT2D eigenvalue weighted by Gasteiger charge is 2.25. The van der Waals surface area contributed by atoms with Crippen LogP contribution in [0.25, 0.3) is 11.4 Å². The molecular weight excluding hydrogens is 296 g/mol. The molecule has 1 atom stereocenters. The summed E-state index contributed by atoms with van der Waals surface area (Å²) in [5, 5.41) is 6.65. The molecule has 2 aromatic rings. The number of aryl methyl sites for hydroxylation is 1. The van der Waals surface area contributed by atoms with E-state index in [1.165, 1.54) is 0 Å². The molecule has 3 rings (SSSR count). The summed E-state index contributed by atoms with van der Waals surface area (Å²) >= 11 is 0. The van der Waals surface area contributed by atoms with Crippen LogP contribution in [0.3, 0.4) is 0 Å². The van der Waals surface area contributed by atoms with E-state index >= 15 is 0 Å². The van der Waals surface area contributed by atoms with Crippen molar-refractivity contribution in [2.24, 2.45) is 0 Å². The largest absolute Gasteiger partial charge is 0.342 e. The molecule has 2 heterocycles. The van der Waals surface area contributed by atoms with Gasteiger partial charge in [-0.15, -0.1) is 0 Å². The number of rotatable bonds is 6. The molecule has 1 saturated heterocycles. The van der Waals surface area contributed by atoms with Crippen LogP contribution in [-0.4, -0.2) is 40.4 Å². The molecule has 1 aliphatic rings. The maximum Gasteiger partial charge on any atom is 0.229 e. The van der Waals surface area contributed by atoms with Crippen molar-refractivity contribution < 1.29 is 14.1 Å². The van der Waals surface area contributed by atoms with E-state index < -0.39 is 0 Å². The minimum absolute atomic E-state index is 0.131. The lowest BCUT2D eigenvalue weighted by Gasteiger charge is -2.17. The van der Waals surface area contributed by atoms with Gasteiger partial charge in [-0.05, 0) is 31.4 Å². The average molecular weight is 314 g/mol. The Morgan fingerprint density at radius 3 is 3.09 bits per heavy atom. The standard InChI is InChI=1S/C16H18N4O3/c1-11-4-5-12(7-14(11)17-9-21)16-18-15(23-19-16)8-13-3-2-6-20(13)10-22/h4-5,7,9-10,13H,2-3,6,8H2,1H3,(H,17,21). The van der Waals surface area contributed by atoms with Gasteiger partial charge in [0, 0.05) is 30.3 Å². The second kappa shape index (κ2) is 6.60.